The van der Waals surface area contributed by atoms with Crippen molar-refractivity contribution >= 4 is 17.7 Å². The van der Waals surface area contributed by atoms with E-state index >= 15 is 0 Å². The lowest BCUT2D eigenvalue weighted by Gasteiger charge is -2.23. The Morgan fingerprint density at radius 2 is 1.97 bits per heavy atom. The molecule has 1 fully saturated rings. The highest BCUT2D eigenvalue weighted by atomic mass is 32.2. The van der Waals surface area contributed by atoms with Gasteiger partial charge in [0.1, 0.15) is 5.82 Å². The minimum Gasteiger partial charge on any atom is -0.490 e. The summed E-state index contributed by atoms with van der Waals surface area (Å²) in [6.45, 7) is 5.51. The fraction of sp³-hybridized carbons (Fsp3) is 0.591. The van der Waals surface area contributed by atoms with E-state index in [1.54, 1.807) is 0 Å². The molecular formula is C22H30N4O3S. The number of hydrogen-bond donors (Lipinski definition) is 2. The van der Waals surface area contributed by atoms with Crippen LogP contribution in [0.1, 0.15) is 69.3 Å². The Hall–Kier alpha value is -2.22. The zero-order valence-electron chi connectivity index (χ0n) is 17.6. The maximum atomic E-state index is 12.7. The molecule has 7 nitrogen and oxygen atoms in total. The van der Waals surface area contributed by atoms with Crippen molar-refractivity contribution < 1.29 is 14.3 Å². The number of fused-ring (bicyclic) bond motifs is 1. The summed E-state index contributed by atoms with van der Waals surface area (Å²) >= 11 is 1.37. The molecular weight excluding hydrogens is 400 g/mol. The topological polar surface area (TPSA) is 89.1 Å². The van der Waals surface area contributed by atoms with Gasteiger partial charge in [-0.2, -0.15) is 0 Å². The zero-order chi connectivity index (χ0) is 20.9. The summed E-state index contributed by atoms with van der Waals surface area (Å²) in [7, 11) is 0. The Bertz CT molecular complexity index is 864. The van der Waals surface area contributed by atoms with Crippen LogP contribution in [0.4, 0.5) is 0 Å². The van der Waals surface area contributed by atoms with Crippen molar-refractivity contribution in [2.75, 3.05) is 19.0 Å². The lowest BCUT2D eigenvalue weighted by atomic mass is 9.95. The van der Waals surface area contributed by atoms with Gasteiger partial charge in [-0.1, -0.05) is 44.5 Å². The van der Waals surface area contributed by atoms with Crippen molar-refractivity contribution in [1.29, 1.82) is 0 Å². The summed E-state index contributed by atoms with van der Waals surface area (Å²) in [6.07, 6.45) is 5.73. The van der Waals surface area contributed by atoms with Gasteiger partial charge in [0, 0.05) is 12.3 Å². The van der Waals surface area contributed by atoms with E-state index in [2.05, 4.69) is 34.3 Å². The second kappa shape index (κ2) is 9.73. The first-order valence-electron chi connectivity index (χ1n) is 10.8. The van der Waals surface area contributed by atoms with Crippen molar-refractivity contribution in [3.05, 3.63) is 29.6 Å². The number of aromatic nitrogens is 3. The van der Waals surface area contributed by atoms with Gasteiger partial charge in [-0.25, -0.2) is 4.98 Å². The summed E-state index contributed by atoms with van der Waals surface area (Å²) in [5, 5.41) is 11.1. The van der Waals surface area contributed by atoms with Crippen LogP contribution >= 0.6 is 11.8 Å². The van der Waals surface area contributed by atoms with Gasteiger partial charge < -0.3 is 14.8 Å². The number of nitrogens with one attached hydrogen (secondary N) is 2. The molecule has 0 radical (unpaired) electrons. The van der Waals surface area contributed by atoms with Crippen molar-refractivity contribution in [2.24, 2.45) is 5.92 Å². The van der Waals surface area contributed by atoms with Crippen LogP contribution in [0.25, 0.3) is 0 Å². The van der Waals surface area contributed by atoms with Crippen LogP contribution in [0.2, 0.25) is 0 Å². The summed E-state index contributed by atoms with van der Waals surface area (Å²) < 4.78 is 11.5. The van der Waals surface area contributed by atoms with Crippen LogP contribution in [0, 0.1) is 5.92 Å². The van der Waals surface area contributed by atoms with E-state index in [1.807, 2.05) is 18.2 Å². The number of aromatic amines is 1. The van der Waals surface area contributed by atoms with E-state index in [4.69, 9.17) is 9.47 Å². The average Bonchev–Trinajstić information content (AvgIpc) is 3.38. The molecule has 1 amide bonds. The standard InChI is InChI=1S/C22H30N4O3S/c1-14(2)20(16-8-9-17-18(12-16)29-11-5-10-28-17)23-19(27)13-30-22-24-21(25-26-22)15-6-3-4-7-15/h8-9,12,14-15,20H,3-7,10-11,13H2,1-2H3,(H,23,27)(H,24,25,26). The number of nitrogens with zero attached hydrogens (tertiary/aromatic N) is 2. The van der Waals surface area contributed by atoms with Crippen molar-refractivity contribution in [1.82, 2.24) is 20.5 Å². The quantitative estimate of drug-likeness (QED) is 0.639. The van der Waals surface area contributed by atoms with Crippen molar-refractivity contribution in [3.8, 4) is 11.5 Å². The van der Waals surface area contributed by atoms with E-state index in [0.717, 1.165) is 29.3 Å². The Morgan fingerprint density at radius 3 is 2.73 bits per heavy atom. The molecule has 30 heavy (non-hydrogen) atoms. The van der Waals surface area contributed by atoms with E-state index in [1.165, 1.54) is 37.4 Å². The monoisotopic (exact) mass is 430 g/mol. The van der Waals surface area contributed by atoms with Gasteiger partial charge in [-0.05, 0) is 36.5 Å². The van der Waals surface area contributed by atoms with Gasteiger partial charge in [0.15, 0.2) is 11.5 Å². The minimum absolute atomic E-state index is 0.0296. The molecule has 2 aliphatic rings. The highest BCUT2D eigenvalue weighted by molar-refractivity contribution is 7.99. The van der Waals surface area contributed by atoms with Gasteiger partial charge >= 0.3 is 0 Å². The first-order valence-corrected chi connectivity index (χ1v) is 11.8. The van der Waals surface area contributed by atoms with Crippen LogP contribution in [0.3, 0.4) is 0 Å². The highest BCUT2D eigenvalue weighted by Gasteiger charge is 2.23. The van der Waals surface area contributed by atoms with Crippen LogP contribution < -0.4 is 14.8 Å². The molecule has 0 saturated heterocycles. The van der Waals surface area contributed by atoms with Gasteiger partial charge in [0.2, 0.25) is 11.1 Å². The van der Waals surface area contributed by atoms with Crippen molar-refractivity contribution in [2.45, 2.75) is 63.1 Å². The van der Waals surface area contributed by atoms with Crippen LogP contribution in [-0.4, -0.2) is 40.1 Å². The summed E-state index contributed by atoms with van der Waals surface area (Å²) in [5.74, 6) is 3.46. The summed E-state index contributed by atoms with van der Waals surface area (Å²) in [4.78, 5) is 17.2. The smallest absolute Gasteiger partial charge is 0.230 e. The van der Waals surface area contributed by atoms with Crippen LogP contribution in [0.5, 0.6) is 11.5 Å². The SMILES string of the molecule is CC(C)C(NC(=O)CSc1n[nH]c(C2CCCC2)n1)c1ccc2c(c1)OCCCO2. The lowest BCUT2D eigenvalue weighted by Crippen LogP contribution is -2.33. The minimum atomic E-state index is -0.101. The van der Waals surface area contributed by atoms with Gasteiger partial charge in [0.25, 0.3) is 0 Å². The molecule has 2 aromatic rings. The van der Waals surface area contributed by atoms with E-state index in [-0.39, 0.29) is 23.6 Å². The fourth-order valence-electron chi connectivity index (χ4n) is 4.06. The highest BCUT2D eigenvalue weighted by Crippen LogP contribution is 2.35. The number of hydrogen-bond acceptors (Lipinski definition) is 6. The number of carbonyl (C=O) groups is 1. The normalized spacial score (nSPS) is 17.7. The van der Waals surface area contributed by atoms with Gasteiger partial charge in [0.05, 0.1) is 25.0 Å². The molecule has 8 heteroatoms. The third-order valence-electron chi connectivity index (χ3n) is 5.67. The maximum Gasteiger partial charge on any atom is 0.230 e. The molecule has 0 bridgehead atoms. The Balaban J connectivity index is 1.36. The first kappa shape index (κ1) is 21.0. The molecule has 1 atom stereocenters. The molecule has 1 aromatic carbocycles. The molecule has 1 unspecified atom stereocenters. The molecule has 1 aliphatic carbocycles. The number of amides is 1. The third kappa shape index (κ3) is 5.09. The second-order valence-electron chi connectivity index (χ2n) is 8.32. The van der Waals surface area contributed by atoms with Gasteiger partial charge in [-0.15, -0.1) is 5.10 Å². The Morgan fingerprint density at radius 1 is 1.20 bits per heavy atom. The number of rotatable bonds is 7. The molecule has 0 spiro atoms. The Labute approximate surface area is 181 Å². The first-order chi connectivity index (χ1) is 14.6. The number of thioether (sulfide) groups is 1. The molecule has 1 aliphatic heterocycles. The summed E-state index contributed by atoms with van der Waals surface area (Å²) in [5.41, 5.74) is 1.02. The molecule has 1 aromatic heterocycles. The van der Waals surface area contributed by atoms with Crippen LogP contribution in [-0.2, 0) is 4.79 Å². The predicted octanol–water partition coefficient (Wildman–Crippen LogP) is 4.23. The molecule has 1 saturated carbocycles. The van der Waals surface area contributed by atoms with Crippen molar-refractivity contribution in [3.63, 3.8) is 0 Å². The van der Waals surface area contributed by atoms with E-state index < -0.39 is 0 Å². The molecule has 4 rings (SSSR count). The lowest BCUT2D eigenvalue weighted by molar-refractivity contribution is -0.119. The zero-order valence-corrected chi connectivity index (χ0v) is 18.5. The molecule has 162 valence electrons. The number of ether oxygens (including phenoxy) is 2. The Kier molecular flexibility index (Phi) is 6.82. The van der Waals surface area contributed by atoms with E-state index in [9.17, 15) is 4.79 Å². The van der Waals surface area contributed by atoms with Gasteiger partial charge in [-0.3, -0.25) is 9.89 Å². The second-order valence-corrected chi connectivity index (χ2v) is 9.26. The molecule has 2 heterocycles. The predicted molar refractivity (Wildman–Crippen MR) is 116 cm³/mol. The molecule has 2 N–H and O–H groups in total. The average molecular weight is 431 g/mol. The summed E-state index contributed by atoms with van der Waals surface area (Å²) in [6, 6.07) is 5.83. The van der Waals surface area contributed by atoms with Crippen LogP contribution in [0.15, 0.2) is 23.4 Å². The fourth-order valence-corrected chi connectivity index (χ4v) is 4.67. The number of H-pyrrole nitrogens is 1. The third-order valence-corrected chi connectivity index (χ3v) is 6.52. The number of benzene rings is 1. The number of carbonyl (C=O) groups excluding carboxylic acids is 1. The maximum absolute atomic E-state index is 12.7. The largest absolute Gasteiger partial charge is 0.490 e. The van der Waals surface area contributed by atoms with E-state index in [0.29, 0.717) is 24.3 Å².